The Morgan fingerprint density at radius 2 is 2.25 bits per heavy atom. The topological polar surface area (TPSA) is 12.9 Å². The summed E-state index contributed by atoms with van der Waals surface area (Å²) in [7, 11) is 0. The van der Waals surface area contributed by atoms with Crippen molar-refractivity contribution in [2.45, 2.75) is 6.92 Å². The van der Waals surface area contributed by atoms with Crippen LogP contribution in [0.15, 0.2) is 24.3 Å². The third kappa shape index (κ3) is 2.21. The molecule has 0 fully saturated rings. The van der Waals surface area contributed by atoms with E-state index in [1.807, 2.05) is 31.2 Å². The SMILES string of the molecule is C=c1nc(Cl)cc/c1=C/C=C\C. The number of pyridine rings is 1. The number of hydrogen-bond donors (Lipinski definition) is 0. The Hall–Kier alpha value is -1.08. The quantitative estimate of drug-likeness (QED) is 0.596. The molecule has 62 valence electrons. The standard InChI is InChI=1S/C10H10ClN/c1-3-4-5-9-6-7-10(11)12-8(9)2/h3-7H,2H2,1H3/b4-3-,9-5-. The van der Waals surface area contributed by atoms with Crippen molar-refractivity contribution < 1.29 is 0 Å². The first-order chi connectivity index (χ1) is 5.74. The van der Waals surface area contributed by atoms with E-state index in [9.17, 15) is 0 Å². The zero-order chi connectivity index (χ0) is 8.97. The van der Waals surface area contributed by atoms with E-state index in [1.54, 1.807) is 6.07 Å². The Morgan fingerprint density at radius 1 is 1.50 bits per heavy atom. The molecule has 0 spiro atoms. The van der Waals surface area contributed by atoms with Gasteiger partial charge in [0.15, 0.2) is 0 Å². The number of aromatic nitrogens is 1. The van der Waals surface area contributed by atoms with Gasteiger partial charge in [0.05, 0.1) is 5.35 Å². The molecular weight excluding hydrogens is 170 g/mol. The lowest BCUT2D eigenvalue weighted by Gasteiger charge is -1.88. The van der Waals surface area contributed by atoms with Crippen molar-refractivity contribution in [3.8, 4) is 0 Å². The molecule has 0 aliphatic carbocycles. The van der Waals surface area contributed by atoms with E-state index in [2.05, 4.69) is 11.6 Å². The van der Waals surface area contributed by atoms with Crippen molar-refractivity contribution in [2.75, 3.05) is 0 Å². The number of allylic oxidation sites excluding steroid dienone is 2. The number of halogens is 1. The predicted octanol–water partition coefficient (Wildman–Crippen LogP) is 1.50. The van der Waals surface area contributed by atoms with E-state index in [-0.39, 0.29) is 0 Å². The fourth-order valence-electron chi connectivity index (χ4n) is 0.837. The van der Waals surface area contributed by atoms with Gasteiger partial charge in [-0.15, -0.1) is 0 Å². The van der Waals surface area contributed by atoms with Crippen LogP contribution >= 0.6 is 11.6 Å². The van der Waals surface area contributed by atoms with Crippen LogP contribution in [0.1, 0.15) is 6.92 Å². The van der Waals surface area contributed by atoms with Gasteiger partial charge in [0.2, 0.25) is 0 Å². The van der Waals surface area contributed by atoms with Gasteiger partial charge in [-0.1, -0.05) is 36.4 Å². The molecule has 2 heteroatoms. The van der Waals surface area contributed by atoms with Crippen LogP contribution in [0.4, 0.5) is 0 Å². The van der Waals surface area contributed by atoms with Gasteiger partial charge in [0.1, 0.15) is 5.15 Å². The minimum absolute atomic E-state index is 0.484. The van der Waals surface area contributed by atoms with Crippen molar-refractivity contribution in [1.82, 2.24) is 4.98 Å². The molecule has 0 saturated heterocycles. The molecular formula is C10H10ClN. The third-order valence-electron chi connectivity index (χ3n) is 1.44. The highest BCUT2D eigenvalue weighted by Crippen LogP contribution is 1.94. The van der Waals surface area contributed by atoms with Crippen molar-refractivity contribution in [2.24, 2.45) is 0 Å². The maximum absolute atomic E-state index is 5.67. The summed E-state index contributed by atoms with van der Waals surface area (Å²) in [6.07, 6.45) is 5.85. The van der Waals surface area contributed by atoms with Crippen LogP contribution in [0.2, 0.25) is 5.15 Å². The number of rotatable bonds is 1. The molecule has 0 aliphatic rings. The smallest absolute Gasteiger partial charge is 0.129 e. The lowest BCUT2D eigenvalue weighted by molar-refractivity contribution is 1.23. The molecule has 0 aliphatic heterocycles. The highest BCUT2D eigenvalue weighted by Gasteiger charge is 1.85. The molecule has 1 aromatic rings. The normalized spacial score (nSPS) is 12.7. The van der Waals surface area contributed by atoms with E-state index in [4.69, 9.17) is 11.6 Å². The Bertz CT molecular complexity index is 393. The first-order valence-corrected chi connectivity index (χ1v) is 4.06. The first kappa shape index (κ1) is 9.01. The lowest BCUT2D eigenvalue weighted by Crippen LogP contribution is -2.25. The molecule has 1 aromatic heterocycles. The predicted molar refractivity (Wildman–Crippen MR) is 53.3 cm³/mol. The van der Waals surface area contributed by atoms with Crippen molar-refractivity contribution >= 4 is 24.3 Å². The van der Waals surface area contributed by atoms with Gasteiger partial charge in [-0.25, -0.2) is 4.98 Å². The molecule has 0 saturated carbocycles. The second-order valence-electron chi connectivity index (χ2n) is 2.36. The summed E-state index contributed by atoms with van der Waals surface area (Å²) in [5.41, 5.74) is 0. The minimum Gasteiger partial charge on any atom is -0.237 e. The van der Waals surface area contributed by atoms with E-state index < -0.39 is 0 Å². The average Bonchev–Trinajstić information content (AvgIpc) is 2.03. The summed E-state index contributed by atoms with van der Waals surface area (Å²) < 4.78 is 0. The zero-order valence-electron chi connectivity index (χ0n) is 6.92. The molecule has 1 heterocycles. The summed E-state index contributed by atoms with van der Waals surface area (Å²) in [4.78, 5) is 4.02. The molecule has 0 atom stereocenters. The molecule has 0 N–H and O–H groups in total. The van der Waals surface area contributed by atoms with Gasteiger partial charge < -0.3 is 0 Å². The van der Waals surface area contributed by atoms with Gasteiger partial charge in [-0.05, 0) is 24.3 Å². The fraction of sp³-hybridized carbons (Fsp3) is 0.100. The molecule has 1 nitrogen and oxygen atoms in total. The summed E-state index contributed by atoms with van der Waals surface area (Å²) in [6, 6.07) is 3.66. The minimum atomic E-state index is 0.484. The maximum atomic E-state index is 5.67. The van der Waals surface area contributed by atoms with Crippen molar-refractivity contribution in [3.63, 3.8) is 0 Å². The lowest BCUT2D eigenvalue weighted by atomic mass is 10.3. The molecule has 0 radical (unpaired) electrons. The maximum Gasteiger partial charge on any atom is 0.129 e. The van der Waals surface area contributed by atoms with Gasteiger partial charge in [0.25, 0.3) is 0 Å². The first-order valence-electron chi connectivity index (χ1n) is 3.68. The molecule has 0 unspecified atom stereocenters. The van der Waals surface area contributed by atoms with Crippen molar-refractivity contribution in [3.05, 3.63) is 40.0 Å². The van der Waals surface area contributed by atoms with Gasteiger partial charge in [-0.2, -0.15) is 0 Å². The number of hydrogen-bond acceptors (Lipinski definition) is 1. The second kappa shape index (κ2) is 4.07. The van der Waals surface area contributed by atoms with E-state index in [0.29, 0.717) is 10.5 Å². The van der Waals surface area contributed by atoms with E-state index in [1.165, 1.54) is 0 Å². The Morgan fingerprint density at radius 3 is 2.83 bits per heavy atom. The van der Waals surface area contributed by atoms with Crippen LogP contribution < -0.4 is 10.6 Å². The van der Waals surface area contributed by atoms with E-state index >= 15 is 0 Å². The van der Waals surface area contributed by atoms with Crippen LogP contribution in [-0.2, 0) is 0 Å². The Kier molecular flexibility index (Phi) is 3.06. The van der Waals surface area contributed by atoms with Gasteiger partial charge in [0, 0.05) is 0 Å². The second-order valence-corrected chi connectivity index (χ2v) is 2.75. The molecule has 0 amide bonds. The van der Waals surface area contributed by atoms with Crippen LogP contribution in [0.3, 0.4) is 0 Å². The van der Waals surface area contributed by atoms with Crippen LogP contribution in [0, 0.1) is 0 Å². The molecule has 12 heavy (non-hydrogen) atoms. The highest BCUT2D eigenvalue weighted by atomic mass is 35.5. The summed E-state index contributed by atoms with van der Waals surface area (Å²) >= 11 is 5.67. The van der Waals surface area contributed by atoms with Crippen LogP contribution in [-0.4, -0.2) is 4.98 Å². The van der Waals surface area contributed by atoms with Gasteiger partial charge >= 0.3 is 0 Å². The Balaban J connectivity index is 3.28. The number of nitrogens with zero attached hydrogens (tertiary/aromatic N) is 1. The van der Waals surface area contributed by atoms with Crippen LogP contribution in [0.5, 0.6) is 0 Å². The summed E-state index contributed by atoms with van der Waals surface area (Å²) in [6.45, 7) is 5.73. The monoisotopic (exact) mass is 179 g/mol. The highest BCUT2D eigenvalue weighted by molar-refractivity contribution is 6.29. The van der Waals surface area contributed by atoms with Gasteiger partial charge in [-0.3, -0.25) is 0 Å². The molecule has 0 bridgehead atoms. The van der Waals surface area contributed by atoms with E-state index in [0.717, 1.165) is 5.22 Å². The summed E-state index contributed by atoms with van der Waals surface area (Å²) in [5.74, 6) is 0. The fourth-order valence-corrected chi connectivity index (χ4v) is 1.00. The molecule has 0 aromatic carbocycles. The Labute approximate surface area is 76.7 Å². The third-order valence-corrected chi connectivity index (χ3v) is 1.65. The largest absolute Gasteiger partial charge is 0.237 e. The molecule has 1 rings (SSSR count). The zero-order valence-corrected chi connectivity index (χ0v) is 7.67. The average molecular weight is 180 g/mol. The van der Waals surface area contributed by atoms with Crippen molar-refractivity contribution in [1.29, 1.82) is 0 Å². The summed E-state index contributed by atoms with van der Waals surface area (Å²) in [5, 5.41) is 2.19. The van der Waals surface area contributed by atoms with Crippen LogP contribution in [0.25, 0.3) is 12.7 Å².